The van der Waals surface area contributed by atoms with Crippen molar-refractivity contribution in [2.75, 3.05) is 38.1 Å². The molecule has 2 rings (SSSR count). The predicted octanol–water partition coefficient (Wildman–Crippen LogP) is 4.16. The van der Waals surface area contributed by atoms with Crippen LogP contribution in [0.25, 0.3) is 0 Å². The minimum absolute atomic E-state index is 0.0143. The number of urea groups is 1. The number of nitrogens with zero attached hydrogens (tertiary/aromatic N) is 3. The van der Waals surface area contributed by atoms with Crippen LogP contribution >= 0.6 is 0 Å². The van der Waals surface area contributed by atoms with Crippen molar-refractivity contribution in [1.82, 2.24) is 20.1 Å². The van der Waals surface area contributed by atoms with Gasteiger partial charge < -0.3 is 30.3 Å². The lowest BCUT2D eigenvalue weighted by Crippen LogP contribution is -2.53. The van der Waals surface area contributed by atoms with Crippen molar-refractivity contribution in [3.63, 3.8) is 0 Å². The molecular weight excluding hydrogens is 470 g/mol. The summed E-state index contributed by atoms with van der Waals surface area (Å²) in [5.74, 6) is 0.0257. The number of rotatable bonds is 16. The van der Waals surface area contributed by atoms with E-state index in [1.54, 1.807) is 4.90 Å². The molecular formula is C28H49N5O4. The molecule has 1 atom stereocenters. The summed E-state index contributed by atoms with van der Waals surface area (Å²) in [4.78, 5) is 33.4. The first-order valence-electron chi connectivity index (χ1n) is 14.0. The van der Waals surface area contributed by atoms with Crippen molar-refractivity contribution in [1.29, 1.82) is 0 Å². The third-order valence-corrected chi connectivity index (χ3v) is 6.64. The summed E-state index contributed by atoms with van der Waals surface area (Å²) >= 11 is 0. The molecule has 0 bridgehead atoms. The number of carbonyl (C=O) groups excluding carboxylic acids is 1. The van der Waals surface area contributed by atoms with Gasteiger partial charge >= 0.3 is 12.0 Å². The molecule has 0 aromatic carbocycles. The van der Waals surface area contributed by atoms with E-state index in [4.69, 9.17) is 9.72 Å². The number of amides is 2. The summed E-state index contributed by atoms with van der Waals surface area (Å²) in [7, 11) is 0. The molecule has 2 heterocycles. The Morgan fingerprint density at radius 3 is 2.46 bits per heavy atom. The molecule has 9 nitrogen and oxygen atoms in total. The lowest BCUT2D eigenvalue weighted by molar-refractivity contribution is -0.139. The van der Waals surface area contributed by atoms with E-state index in [-0.39, 0.29) is 24.2 Å². The number of anilines is 1. The highest BCUT2D eigenvalue weighted by Crippen LogP contribution is 2.20. The molecule has 1 aliphatic heterocycles. The molecule has 0 saturated heterocycles. The van der Waals surface area contributed by atoms with Crippen LogP contribution in [0.2, 0.25) is 0 Å². The summed E-state index contributed by atoms with van der Waals surface area (Å²) in [6.45, 7) is 15.5. The lowest BCUT2D eigenvalue weighted by atomic mass is 10.1. The van der Waals surface area contributed by atoms with Crippen LogP contribution in [0.4, 0.5) is 10.6 Å². The summed E-state index contributed by atoms with van der Waals surface area (Å²) in [6, 6.07) is 3.03. The number of carboxylic acid groups (broad SMARTS) is 1. The Morgan fingerprint density at radius 1 is 1.08 bits per heavy atom. The van der Waals surface area contributed by atoms with Gasteiger partial charge in [-0.2, -0.15) is 0 Å². The van der Waals surface area contributed by atoms with E-state index in [0.29, 0.717) is 19.6 Å². The smallest absolute Gasteiger partial charge is 0.326 e. The van der Waals surface area contributed by atoms with Gasteiger partial charge in [0.25, 0.3) is 0 Å². The average Bonchev–Trinajstić information content (AvgIpc) is 2.82. The number of nitrogens with one attached hydrogen (secondary N) is 2. The van der Waals surface area contributed by atoms with Crippen LogP contribution in [0.3, 0.4) is 0 Å². The molecule has 37 heavy (non-hydrogen) atoms. The average molecular weight is 520 g/mol. The molecule has 1 aromatic rings. The van der Waals surface area contributed by atoms with Crippen LogP contribution in [-0.4, -0.2) is 88.9 Å². The molecule has 2 amide bonds. The largest absolute Gasteiger partial charge is 0.480 e. The maximum atomic E-state index is 12.8. The molecule has 0 saturated carbocycles. The van der Waals surface area contributed by atoms with Crippen molar-refractivity contribution >= 4 is 17.8 Å². The Bertz CT molecular complexity index is 838. The van der Waals surface area contributed by atoms with Crippen LogP contribution in [0.1, 0.15) is 78.5 Å². The monoisotopic (exact) mass is 519 g/mol. The second-order valence-electron chi connectivity index (χ2n) is 10.8. The normalized spacial score (nSPS) is 14.1. The van der Waals surface area contributed by atoms with Gasteiger partial charge in [0.05, 0.1) is 12.7 Å². The summed E-state index contributed by atoms with van der Waals surface area (Å²) in [5.41, 5.74) is 2.41. The third kappa shape index (κ3) is 10.9. The Labute approximate surface area is 223 Å². The Kier molecular flexibility index (Phi) is 13.1. The van der Waals surface area contributed by atoms with Crippen molar-refractivity contribution in [2.45, 2.75) is 104 Å². The molecule has 3 N–H and O–H groups in total. The Balaban J connectivity index is 1.89. The topological polar surface area (TPSA) is 107 Å². The molecule has 0 aliphatic carbocycles. The molecule has 9 heteroatoms. The molecule has 1 aliphatic rings. The Hall–Kier alpha value is -2.39. The van der Waals surface area contributed by atoms with Gasteiger partial charge in [0.1, 0.15) is 11.9 Å². The van der Waals surface area contributed by atoms with Crippen LogP contribution in [0.15, 0.2) is 12.1 Å². The zero-order chi connectivity index (χ0) is 27.4. The van der Waals surface area contributed by atoms with Gasteiger partial charge in [-0.1, -0.05) is 6.07 Å². The lowest BCUT2D eigenvalue weighted by Gasteiger charge is -2.32. The van der Waals surface area contributed by atoms with Gasteiger partial charge in [-0.3, -0.25) is 0 Å². The van der Waals surface area contributed by atoms with Crippen molar-refractivity contribution in [3.8, 4) is 0 Å². The van der Waals surface area contributed by atoms with E-state index in [9.17, 15) is 14.7 Å². The van der Waals surface area contributed by atoms with E-state index >= 15 is 0 Å². The van der Waals surface area contributed by atoms with E-state index < -0.39 is 12.0 Å². The molecule has 0 unspecified atom stereocenters. The summed E-state index contributed by atoms with van der Waals surface area (Å²) < 4.78 is 5.75. The second kappa shape index (κ2) is 15.8. The first-order chi connectivity index (χ1) is 17.6. The maximum Gasteiger partial charge on any atom is 0.326 e. The van der Waals surface area contributed by atoms with Crippen molar-refractivity contribution < 1.29 is 19.4 Å². The minimum atomic E-state index is -1.01. The van der Waals surface area contributed by atoms with Gasteiger partial charge in [0, 0.05) is 37.4 Å². The van der Waals surface area contributed by atoms with Crippen LogP contribution in [0, 0.1) is 0 Å². The van der Waals surface area contributed by atoms with Gasteiger partial charge in [0.2, 0.25) is 0 Å². The first-order valence-corrected chi connectivity index (χ1v) is 14.0. The van der Waals surface area contributed by atoms with E-state index in [2.05, 4.69) is 27.7 Å². The highest BCUT2D eigenvalue weighted by Gasteiger charge is 2.26. The minimum Gasteiger partial charge on any atom is -0.480 e. The highest BCUT2D eigenvalue weighted by molar-refractivity contribution is 5.82. The molecule has 0 fully saturated rings. The van der Waals surface area contributed by atoms with E-state index in [0.717, 1.165) is 63.3 Å². The van der Waals surface area contributed by atoms with Gasteiger partial charge in [0.15, 0.2) is 0 Å². The fraction of sp³-hybridized carbons (Fsp3) is 0.750. The van der Waals surface area contributed by atoms with Gasteiger partial charge in [-0.05, 0) is 98.2 Å². The number of aromatic nitrogens is 1. The number of aryl methyl sites for hydroxylation is 2. The number of aliphatic carboxylic acids is 1. The number of pyridine rings is 1. The molecule has 0 spiro atoms. The molecule has 0 radical (unpaired) electrons. The van der Waals surface area contributed by atoms with Crippen LogP contribution in [-0.2, 0) is 22.4 Å². The number of ether oxygens (including phenoxy) is 1. The van der Waals surface area contributed by atoms with Crippen LogP contribution < -0.4 is 10.6 Å². The number of fused-ring (bicyclic) bond motifs is 1. The summed E-state index contributed by atoms with van der Waals surface area (Å²) in [6.07, 6.45) is 5.63. The quantitative estimate of drug-likeness (QED) is 0.282. The highest BCUT2D eigenvalue weighted by atomic mass is 16.5. The number of hydrogen-bond donors (Lipinski definition) is 3. The first kappa shape index (κ1) is 30.8. The van der Waals surface area contributed by atoms with Crippen molar-refractivity contribution in [2.24, 2.45) is 0 Å². The fourth-order valence-corrected chi connectivity index (χ4v) is 4.76. The molecule has 210 valence electrons. The van der Waals surface area contributed by atoms with Gasteiger partial charge in [-0.15, -0.1) is 0 Å². The Morgan fingerprint density at radius 2 is 1.81 bits per heavy atom. The van der Waals surface area contributed by atoms with E-state index in [1.807, 2.05) is 41.5 Å². The van der Waals surface area contributed by atoms with Crippen molar-refractivity contribution in [3.05, 3.63) is 23.4 Å². The SMILES string of the molecule is CC(C)OCCN(CCCCc1ccc2c(n1)NCCC2)CC[C@H](NC(=O)N(C(C)C)C(C)C)C(=O)O. The summed E-state index contributed by atoms with van der Waals surface area (Å²) in [5, 5.41) is 15.9. The third-order valence-electron chi connectivity index (χ3n) is 6.64. The second-order valence-corrected chi connectivity index (χ2v) is 10.8. The zero-order valence-corrected chi connectivity index (χ0v) is 23.8. The fourth-order valence-electron chi connectivity index (χ4n) is 4.76. The maximum absolute atomic E-state index is 12.8. The van der Waals surface area contributed by atoms with E-state index in [1.165, 1.54) is 5.56 Å². The van der Waals surface area contributed by atoms with Gasteiger partial charge in [-0.25, -0.2) is 14.6 Å². The molecule has 1 aromatic heterocycles. The predicted molar refractivity (Wildman–Crippen MR) is 148 cm³/mol. The number of carbonyl (C=O) groups is 2. The number of hydrogen-bond acceptors (Lipinski definition) is 6. The van der Waals surface area contributed by atoms with Crippen LogP contribution in [0.5, 0.6) is 0 Å². The standard InChI is InChI=1S/C28H49N5O4/c1-20(2)33(21(3)4)28(36)31-25(27(34)35)14-17-32(18-19-37-22(5)6)16-8-7-11-24-13-12-23-10-9-15-29-26(23)30-24/h12-13,20-22,25H,7-11,14-19H2,1-6H3,(H,29,30)(H,31,36)(H,34,35)/t25-/m0/s1. The number of unbranched alkanes of at least 4 members (excludes halogenated alkanes) is 1. The number of carboxylic acids is 1. The zero-order valence-electron chi connectivity index (χ0n) is 23.8.